The Morgan fingerprint density at radius 1 is 0.944 bits per heavy atom. The molecule has 0 aliphatic rings. The predicted octanol–water partition coefficient (Wildman–Crippen LogP) is 4.98. The molecular weight excluding hydrogens is 497 g/mol. The third-order valence-electron chi connectivity index (χ3n) is 5.46. The lowest BCUT2D eigenvalue weighted by Gasteiger charge is -2.25. The average Bonchev–Trinajstić information content (AvgIpc) is 3.26. The van der Waals surface area contributed by atoms with Crippen molar-refractivity contribution in [3.8, 4) is 0 Å². The van der Waals surface area contributed by atoms with Crippen LogP contribution in [0.2, 0.25) is 0 Å². The van der Waals surface area contributed by atoms with Crippen LogP contribution in [0, 0.1) is 0 Å². The number of benzene rings is 3. The van der Waals surface area contributed by atoms with Gasteiger partial charge < -0.3 is 4.74 Å². The summed E-state index contributed by atoms with van der Waals surface area (Å²) in [7, 11) is -3.27. The van der Waals surface area contributed by atoms with E-state index in [1.807, 2.05) is 0 Å². The first-order valence-corrected chi connectivity index (χ1v) is 11.9. The minimum absolute atomic E-state index is 0.0815. The van der Waals surface area contributed by atoms with Gasteiger partial charge in [0.1, 0.15) is 6.54 Å². The second-order valence-electron chi connectivity index (χ2n) is 7.69. The van der Waals surface area contributed by atoms with E-state index in [2.05, 4.69) is 0 Å². The van der Waals surface area contributed by atoms with Gasteiger partial charge in [-0.25, -0.2) is 13.2 Å². The number of alkyl halides is 3. The normalized spacial score (nSPS) is 11.9. The van der Waals surface area contributed by atoms with Crippen LogP contribution >= 0.6 is 0 Å². The van der Waals surface area contributed by atoms with Gasteiger partial charge in [-0.3, -0.25) is 13.7 Å². The highest BCUT2D eigenvalue weighted by Gasteiger charge is 2.33. The molecule has 0 amide bonds. The van der Waals surface area contributed by atoms with Gasteiger partial charge in [0.15, 0.2) is 0 Å². The number of ether oxygens (including phenoxy) is 1. The van der Waals surface area contributed by atoms with Crippen LogP contribution in [-0.4, -0.2) is 38.5 Å². The summed E-state index contributed by atoms with van der Waals surface area (Å²) < 4.78 is 73.6. The fourth-order valence-corrected chi connectivity index (χ4v) is 5.16. The van der Waals surface area contributed by atoms with Gasteiger partial charge in [-0.1, -0.05) is 42.5 Å². The number of hydrogen-bond donors (Lipinski definition) is 0. The minimum atomic E-state index is -4.73. The summed E-state index contributed by atoms with van der Waals surface area (Å²) in [5, 5.41) is 0.397. The highest BCUT2D eigenvalue weighted by molar-refractivity contribution is 7.92. The Kier molecular flexibility index (Phi) is 6.59. The summed E-state index contributed by atoms with van der Waals surface area (Å²) >= 11 is 0. The zero-order valence-corrected chi connectivity index (χ0v) is 19.6. The Balaban J connectivity index is 1.84. The quantitative estimate of drug-likeness (QED) is 0.338. The topological polar surface area (TPSA) is 85.7 Å². The van der Waals surface area contributed by atoms with Gasteiger partial charge in [0, 0.05) is 11.6 Å². The summed E-state index contributed by atoms with van der Waals surface area (Å²) in [4.78, 5) is 25.4. The van der Waals surface area contributed by atoms with E-state index in [-0.39, 0.29) is 16.1 Å². The van der Waals surface area contributed by atoms with Gasteiger partial charge >= 0.3 is 12.1 Å². The van der Waals surface area contributed by atoms with Crippen LogP contribution in [0.3, 0.4) is 0 Å². The largest absolute Gasteiger partial charge is 0.465 e. The highest BCUT2D eigenvalue weighted by Crippen LogP contribution is 2.33. The van der Waals surface area contributed by atoms with Crippen LogP contribution in [0.5, 0.6) is 0 Å². The SMILES string of the molecule is COC(=O)c1cn(C(=O)CN(c2cccc(C(F)(F)F)c2)S(=O)(=O)c2ccccc2)c2ccccc12. The summed E-state index contributed by atoms with van der Waals surface area (Å²) in [6.07, 6.45) is -3.51. The number of carbonyl (C=O) groups is 2. The zero-order chi connectivity index (χ0) is 26.1. The maximum atomic E-state index is 13.5. The van der Waals surface area contributed by atoms with Crippen molar-refractivity contribution < 1.29 is 35.9 Å². The van der Waals surface area contributed by atoms with Crippen LogP contribution in [0.1, 0.15) is 20.7 Å². The first-order valence-electron chi connectivity index (χ1n) is 10.5. The van der Waals surface area contributed by atoms with E-state index in [0.717, 1.165) is 16.7 Å². The fraction of sp³-hybridized carbons (Fsp3) is 0.120. The zero-order valence-electron chi connectivity index (χ0n) is 18.8. The highest BCUT2D eigenvalue weighted by atomic mass is 32.2. The van der Waals surface area contributed by atoms with Crippen molar-refractivity contribution in [2.75, 3.05) is 18.0 Å². The van der Waals surface area contributed by atoms with Crippen molar-refractivity contribution in [1.82, 2.24) is 4.57 Å². The first kappa shape index (κ1) is 25.0. The smallest absolute Gasteiger partial charge is 0.416 e. The van der Waals surface area contributed by atoms with Gasteiger partial charge in [-0.15, -0.1) is 0 Å². The van der Waals surface area contributed by atoms with E-state index in [1.54, 1.807) is 30.3 Å². The molecule has 0 bridgehead atoms. The Labute approximate surface area is 204 Å². The predicted molar refractivity (Wildman–Crippen MR) is 126 cm³/mol. The maximum absolute atomic E-state index is 13.5. The number of carbonyl (C=O) groups excluding carboxylic acids is 2. The number of para-hydroxylation sites is 1. The third kappa shape index (κ3) is 4.69. The molecule has 0 atom stereocenters. The van der Waals surface area contributed by atoms with Crippen molar-refractivity contribution in [2.45, 2.75) is 11.1 Å². The Morgan fingerprint density at radius 3 is 2.28 bits per heavy atom. The van der Waals surface area contributed by atoms with E-state index >= 15 is 0 Å². The number of hydrogen-bond acceptors (Lipinski definition) is 5. The Bertz CT molecular complexity index is 1550. The van der Waals surface area contributed by atoms with Crippen molar-refractivity contribution in [3.05, 3.63) is 96.2 Å². The van der Waals surface area contributed by atoms with E-state index < -0.39 is 40.2 Å². The fourth-order valence-electron chi connectivity index (χ4n) is 3.73. The average molecular weight is 516 g/mol. The van der Waals surface area contributed by atoms with Crippen LogP contribution in [-0.2, 0) is 20.9 Å². The number of methoxy groups -OCH3 is 1. The standard InChI is InChI=1S/C25H19F3N2O5S/c1-35-24(32)21-15-29(22-13-6-5-12-20(21)22)23(31)16-30(36(33,34)19-10-3-2-4-11-19)18-9-7-8-17(14-18)25(26,27)28/h2-15H,16H2,1H3. The van der Waals surface area contributed by atoms with Crippen molar-refractivity contribution in [1.29, 1.82) is 0 Å². The minimum Gasteiger partial charge on any atom is -0.465 e. The molecule has 0 aliphatic heterocycles. The molecule has 4 aromatic rings. The Hall–Kier alpha value is -4.12. The number of halogens is 3. The van der Waals surface area contributed by atoms with Crippen molar-refractivity contribution >= 4 is 38.5 Å². The van der Waals surface area contributed by atoms with Crippen LogP contribution in [0.25, 0.3) is 10.9 Å². The summed E-state index contributed by atoms with van der Waals surface area (Å²) in [6.45, 7) is -0.835. The first-order chi connectivity index (χ1) is 17.0. The van der Waals surface area contributed by atoms with Crippen molar-refractivity contribution in [3.63, 3.8) is 0 Å². The molecular formula is C25H19F3N2O5S. The number of nitrogens with zero attached hydrogens (tertiary/aromatic N) is 2. The third-order valence-corrected chi connectivity index (χ3v) is 7.25. The summed E-state index contributed by atoms with van der Waals surface area (Å²) in [5.74, 6) is -1.50. The molecule has 11 heteroatoms. The molecule has 0 aliphatic carbocycles. The lowest BCUT2D eigenvalue weighted by Crippen LogP contribution is -2.37. The van der Waals surface area contributed by atoms with Gasteiger partial charge in [-0.2, -0.15) is 13.2 Å². The summed E-state index contributed by atoms with van der Waals surface area (Å²) in [6, 6.07) is 17.2. The second kappa shape index (κ2) is 9.50. The lowest BCUT2D eigenvalue weighted by atomic mass is 10.2. The molecule has 3 aromatic carbocycles. The van der Waals surface area contributed by atoms with E-state index in [0.29, 0.717) is 21.3 Å². The lowest BCUT2D eigenvalue weighted by molar-refractivity contribution is -0.137. The van der Waals surface area contributed by atoms with E-state index in [1.165, 1.54) is 43.6 Å². The molecule has 0 radical (unpaired) electrons. The van der Waals surface area contributed by atoms with Gasteiger partial charge in [-0.05, 0) is 36.4 Å². The maximum Gasteiger partial charge on any atom is 0.416 e. The van der Waals surface area contributed by atoms with E-state index in [4.69, 9.17) is 4.74 Å². The molecule has 1 aromatic heterocycles. The molecule has 0 saturated heterocycles. The number of aromatic nitrogens is 1. The van der Waals surface area contributed by atoms with Crippen LogP contribution < -0.4 is 4.31 Å². The molecule has 36 heavy (non-hydrogen) atoms. The molecule has 186 valence electrons. The van der Waals surface area contributed by atoms with Gasteiger partial charge in [0.25, 0.3) is 15.9 Å². The molecule has 1 heterocycles. The van der Waals surface area contributed by atoms with Gasteiger partial charge in [0.05, 0.1) is 34.3 Å². The number of fused-ring (bicyclic) bond motifs is 1. The summed E-state index contributed by atoms with van der Waals surface area (Å²) in [5.41, 5.74) is -1.02. The molecule has 7 nitrogen and oxygen atoms in total. The Morgan fingerprint density at radius 2 is 1.61 bits per heavy atom. The molecule has 0 spiro atoms. The molecule has 4 rings (SSSR count). The van der Waals surface area contributed by atoms with Crippen LogP contribution in [0.15, 0.2) is 90.0 Å². The molecule has 0 fully saturated rings. The second-order valence-corrected chi connectivity index (χ2v) is 9.55. The number of rotatable bonds is 6. The number of sulfonamides is 1. The van der Waals surface area contributed by atoms with Crippen molar-refractivity contribution in [2.24, 2.45) is 0 Å². The number of anilines is 1. The van der Waals surface area contributed by atoms with Crippen LogP contribution in [0.4, 0.5) is 18.9 Å². The molecule has 0 unspecified atom stereocenters. The molecule has 0 saturated carbocycles. The van der Waals surface area contributed by atoms with E-state index in [9.17, 15) is 31.2 Å². The van der Waals surface area contributed by atoms with Gasteiger partial charge in [0.2, 0.25) is 0 Å². The number of esters is 1. The molecule has 0 N–H and O–H groups in total. The monoisotopic (exact) mass is 516 g/mol.